The molecule has 1 atom stereocenters. The van der Waals surface area contributed by atoms with Gasteiger partial charge < -0.3 is 14.8 Å². The molecule has 0 fully saturated rings. The molecule has 0 saturated carbocycles. The topological polar surface area (TPSA) is 47.6 Å². The molecular weight excluding hydrogens is 384 g/mol. The van der Waals surface area contributed by atoms with Gasteiger partial charge in [-0.25, -0.2) is 0 Å². The summed E-state index contributed by atoms with van der Waals surface area (Å²) in [5.74, 6) is -0.0225. The summed E-state index contributed by atoms with van der Waals surface area (Å²) < 4.78 is 35.7. The minimum Gasteiger partial charge on any atom is -0.492 e. The van der Waals surface area contributed by atoms with Crippen LogP contribution < -0.4 is 14.8 Å². The van der Waals surface area contributed by atoms with Crippen LogP contribution in [0.2, 0.25) is 0 Å². The number of carbonyl (C=O) groups is 1. The molecule has 1 amide bonds. The smallest absolute Gasteiger partial charge is 0.387 e. The van der Waals surface area contributed by atoms with Crippen LogP contribution in [0.15, 0.2) is 46.9 Å². The van der Waals surface area contributed by atoms with E-state index < -0.39 is 12.5 Å². The highest BCUT2D eigenvalue weighted by molar-refractivity contribution is 9.10. The van der Waals surface area contributed by atoms with E-state index in [4.69, 9.17) is 4.74 Å². The molecule has 7 heteroatoms. The maximum Gasteiger partial charge on any atom is 0.387 e. The Labute approximate surface area is 145 Å². The first-order valence-electron chi connectivity index (χ1n) is 7.29. The zero-order valence-electron chi connectivity index (χ0n) is 12.5. The van der Waals surface area contributed by atoms with Gasteiger partial charge in [-0.1, -0.05) is 34.1 Å². The van der Waals surface area contributed by atoms with E-state index in [1.807, 2.05) is 24.3 Å². The first kappa shape index (κ1) is 16.7. The van der Waals surface area contributed by atoms with E-state index >= 15 is 0 Å². The van der Waals surface area contributed by atoms with Crippen molar-refractivity contribution in [1.82, 2.24) is 0 Å². The van der Waals surface area contributed by atoms with Gasteiger partial charge in [0.2, 0.25) is 5.91 Å². The van der Waals surface area contributed by atoms with Gasteiger partial charge >= 0.3 is 6.61 Å². The molecule has 2 aromatic carbocycles. The van der Waals surface area contributed by atoms with Gasteiger partial charge in [0, 0.05) is 4.47 Å². The molecule has 1 heterocycles. The monoisotopic (exact) mass is 397 g/mol. The number of halogens is 3. The maximum absolute atomic E-state index is 12.5. The average Bonchev–Trinajstić information content (AvgIpc) is 2.56. The quantitative estimate of drug-likeness (QED) is 0.838. The normalized spacial score (nSPS) is 16.2. The van der Waals surface area contributed by atoms with Gasteiger partial charge in [0.1, 0.15) is 12.4 Å². The largest absolute Gasteiger partial charge is 0.492 e. The van der Waals surface area contributed by atoms with E-state index in [0.717, 1.165) is 11.3 Å². The number of ether oxygens (including phenoxy) is 2. The Kier molecular flexibility index (Phi) is 4.99. The minimum atomic E-state index is -2.97. The van der Waals surface area contributed by atoms with Crippen molar-refractivity contribution in [2.75, 3.05) is 11.9 Å². The molecule has 126 valence electrons. The number of anilines is 1. The number of nitrogens with one attached hydrogen (secondary N) is 1. The van der Waals surface area contributed by atoms with Gasteiger partial charge in [-0.2, -0.15) is 8.78 Å². The Balaban J connectivity index is 1.74. The Morgan fingerprint density at radius 3 is 2.88 bits per heavy atom. The third kappa shape index (κ3) is 3.84. The predicted octanol–water partition coefficient (Wildman–Crippen LogP) is 4.24. The highest BCUT2D eigenvalue weighted by atomic mass is 79.9. The van der Waals surface area contributed by atoms with Crippen molar-refractivity contribution in [3.05, 3.63) is 52.5 Å². The van der Waals surface area contributed by atoms with Crippen molar-refractivity contribution < 1.29 is 23.0 Å². The Morgan fingerprint density at radius 2 is 2.08 bits per heavy atom. The number of hydrogen-bond donors (Lipinski definition) is 1. The van der Waals surface area contributed by atoms with Gasteiger partial charge in [0.15, 0.2) is 5.75 Å². The van der Waals surface area contributed by atoms with Crippen LogP contribution in [0, 0.1) is 5.92 Å². The van der Waals surface area contributed by atoms with E-state index in [1.54, 1.807) is 6.07 Å². The van der Waals surface area contributed by atoms with Crippen molar-refractivity contribution in [3.8, 4) is 11.5 Å². The molecule has 0 aromatic heterocycles. The lowest BCUT2D eigenvalue weighted by Gasteiger charge is -2.24. The summed E-state index contributed by atoms with van der Waals surface area (Å²) in [7, 11) is 0. The van der Waals surface area contributed by atoms with Crippen molar-refractivity contribution in [2.45, 2.75) is 13.0 Å². The number of rotatable bonds is 4. The van der Waals surface area contributed by atoms with Crippen molar-refractivity contribution in [2.24, 2.45) is 5.92 Å². The first-order valence-corrected chi connectivity index (χ1v) is 8.08. The number of hydrogen-bond acceptors (Lipinski definition) is 3. The summed E-state index contributed by atoms with van der Waals surface area (Å²) in [6.45, 7) is -2.73. The number of fused-ring (bicyclic) bond motifs is 1. The third-order valence-corrected chi connectivity index (χ3v) is 4.16. The average molecular weight is 398 g/mol. The van der Waals surface area contributed by atoms with Gasteiger partial charge in [-0.3, -0.25) is 4.79 Å². The van der Waals surface area contributed by atoms with Crippen molar-refractivity contribution >= 4 is 27.5 Å². The van der Waals surface area contributed by atoms with Crippen LogP contribution >= 0.6 is 15.9 Å². The molecule has 1 unspecified atom stereocenters. The van der Waals surface area contributed by atoms with Crippen molar-refractivity contribution in [3.63, 3.8) is 0 Å². The second kappa shape index (κ2) is 7.17. The van der Waals surface area contributed by atoms with E-state index in [9.17, 15) is 13.6 Å². The van der Waals surface area contributed by atoms with E-state index in [1.165, 1.54) is 12.1 Å². The van der Waals surface area contributed by atoms with E-state index in [0.29, 0.717) is 10.9 Å². The number of para-hydroxylation sites is 1. The summed E-state index contributed by atoms with van der Waals surface area (Å²) in [5.41, 5.74) is 1.14. The molecular formula is C17H14BrF2NO3. The van der Waals surface area contributed by atoms with Gasteiger partial charge in [0.25, 0.3) is 0 Å². The summed E-state index contributed by atoms with van der Waals surface area (Å²) in [6.07, 6.45) is 0.531. The van der Waals surface area contributed by atoms with Crippen LogP contribution in [-0.4, -0.2) is 19.1 Å². The molecule has 1 aliphatic heterocycles. The molecule has 0 spiro atoms. The summed E-state index contributed by atoms with van der Waals surface area (Å²) >= 11 is 3.19. The number of amides is 1. The molecule has 0 bridgehead atoms. The fraction of sp³-hybridized carbons (Fsp3) is 0.235. The fourth-order valence-electron chi connectivity index (χ4n) is 2.52. The van der Waals surface area contributed by atoms with E-state index in [2.05, 4.69) is 26.0 Å². The molecule has 2 aromatic rings. The molecule has 24 heavy (non-hydrogen) atoms. The highest BCUT2D eigenvalue weighted by Gasteiger charge is 2.26. The lowest BCUT2D eigenvalue weighted by molar-refractivity contribution is -0.121. The highest BCUT2D eigenvalue weighted by Crippen LogP contribution is 2.32. The van der Waals surface area contributed by atoms with Gasteiger partial charge in [-0.05, 0) is 36.2 Å². The Morgan fingerprint density at radius 1 is 1.29 bits per heavy atom. The molecule has 4 nitrogen and oxygen atoms in total. The second-order valence-corrected chi connectivity index (χ2v) is 6.24. The predicted molar refractivity (Wildman–Crippen MR) is 88.5 cm³/mol. The van der Waals surface area contributed by atoms with Crippen molar-refractivity contribution in [1.29, 1.82) is 0 Å². The number of carbonyl (C=O) groups excluding carboxylic acids is 1. The zero-order valence-corrected chi connectivity index (χ0v) is 14.1. The fourth-order valence-corrected chi connectivity index (χ4v) is 2.86. The van der Waals surface area contributed by atoms with E-state index in [-0.39, 0.29) is 24.0 Å². The molecule has 0 saturated heterocycles. The van der Waals surface area contributed by atoms with Crippen LogP contribution in [0.1, 0.15) is 5.56 Å². The number of alkyl halides is 2. The molecule has 3 rings (SSSR count). The maximum atomic E-state index is 12.5. The minimum absolute atomic E-state index is 0.0927. The molecule has 1 aliphatic rings. The zero-order chi connectivity index (χ0) is 17.1. The van der Waals surface area contributed by atoms with Crippen LogP contribution in [0.25, 0.3) is 0 Å². The second-order valence-electron chi connectivity index (χ2n) is 5.33. The lowest BCUT2D eigenvalue weighted by Crippen LogP contribution is -2.32. The SMILES string of the molecule is O=C(Nc1ccc(Br)cc1OC(F)F)C1COc2ccccc2C1. The first-order chi connectivity index (χ1) is 11.5. The summed E-state index contributed by atoms with van der Waals surface area (Å²) in [6, 6.07) is 12.0. The number of benzene rings is 2. The van der Waals surface area contributed by atoms with Gasteiger partial charge in [-0.15, -0.1) is 0 Å². The Hall–Kier alpha value is -2.15. The molecule has 0 aliphatic carbocycles. The van der Waals surface area contributed by atoms with Gasteiger partial charge in [0.05, 0.1) is 11.6 Å². The lowest BCUT2D eigenvalue weighted by atomic mass is 9.96. The third-order valence-electron chi connectivity index (χ3n) is 3.67. The van der Waals surface area contributed by atoms with Crippen LogP contribution in [0.4, 0.5) is 14.5 Å². The summed E-state index contributed by atoms with van der Waals surface area (Å²) in [5, 5.41) is 2.65. The standard InChI is InChI=1S/C17H14BrF2NO3/c18-12-5-6-13(15(8-12)24-17(19)20)21-16(22)11-7-10-3-1-2-4-14(10)23-9-11/h1-6,8,11,17H,7,9H2,(H,21,22). The summed E-state index contributed by atoms with van der Waals surface area (Å²) in [4.78, 5) is 12.5. The van der Waals surface area contributed by atoms with Crippen LogP contribution in [0.5, 0.6) is 11.5 Å². The van der Waals surface area contributed by atoms with Crippen LogP contribution in [0.3, 0.4) is 0 Å². The van der Waals surface area contributed by atoms with Crippen LogP contribution in [-0.2, 0) is 11.2 Å². The molecule has 0 radical (unpaired) electrons. The molecule has 1 N–H and O–H groups in total. The Bertz CT molecular complexity index is 754.